The molecule has 0 radical (unpaired) electrons. The number of ether oxygens (including phenoxy) is 1. The lowest BCUT2D eigenvalue weighted by Crippen LogP contribution is -2.00. The van der Waals surface area contributed by atoms with Gasteiger partial charge in [0.15, 0.2) is 11.6 Å². The zero-order valence-corrected chi connectivity index (χ0v) is 18.7. The Morgan fingerprint density at radius 2 is 1.63 bits per heavy atom. The first-order chi connectivity index (χ1) is 14.4. The van der Waals surface area contributed by atoms with Crippen molar-refractivity contribution in [2.45, 2.75) is 65.9 Å². The van der Waals surface area contributed by atoms with E-state index in [0.717, 1.165) is 34.9 Å². The van der Waals surface area contributed by atoms with Crippen LogP contribution in [0.15, 0.2) is 30.3 Å². The molecule has 1 saturated carbocycles. The molecule has 0 saturated heterocycles. The van der Waals surface area contributed by atoms with Gasteiger partial charge in [-0.3, -0.25) is 0 Å². The molecule has 1 aliphatic rings. The van der Waals surface area contributed by atoms with E-state index in [1.807, 2.05) is 39.8 Å². The van der Waals surface area contributed by atoms with E-state index in [2.05, 4.69) is 12.2 Å². The van der Waals surface area contributed by atoms with Crippen LogP contribution in [0.2, 0.25) is 0 Å². The van der Waals surface area contributed by atoms with Crippen molar-refractivity contribution in [3.8, 4) is 5.75 Å². The summed E-state index contributed by atoms with van der Waals surface area (Å²) in [5.74, 6) is 0.117. The number of hydrogen-bond donors (Lipinski definition) is 1. The largest absolute Gasteiger partial charge is 0.489 e. The molecule has 3 nitrogen and oxygen atoms in total. The monoisotopic (exact) mass is 419 g/mol. The molecule has 0 aromatic heterocycles. The summed E-state index contributed by atoms with van der Waals surface area (Å²) in [6, 6.07) is 7.60. The van der Waals surface area contributed by atoms with Crippen molar-refractivity contribution in [2.24, 2.45) is 5.92 Å². The molecule has 0 bridgehead atoms. The van der Waals surface area contributed by atoms with Gasteiger partial charge in [0.25, 0.3) is 0 Å². The third-order valence-corrected chi connectivity index (χ3v) is 5.32. The highest BCUT2D eigenvalue weighted by Crippen LogP contribution is 2.28. The number of hydrogen-bond acceptors (Lipinski definition) is 3. The molecule has 0 amide bonds. The lowest BCUT2D eigenvalue weighted by Gasteiger charge is -2.13. The first-order valence-corrected chi connectivity index (χ1v) is 10.6. The van der Waals surface area contributed by atoms with Crippen molar-refractivity contribution < 1.29 is 18.3 Å². The second-order valence-corrected chi connectivity index (χ2v) is 7.66. The molecule has 1 N–H and O–H groups in total. The fourth-order valence-electron chi connectivity index (χ4n) is 3.90. The summed E-state index contributed by atoms with van der Waals surface area (Å²) in [5.41, 5.74) is 3.82. The zero-order valence-electron chi connectivity index (χ0n) is 18.7. The molecule has 5 heteroatoms. The van der Waals surface area contributed by atoms with Crippen LogP contribution in [-0.2, 0) is 11.4 Å². The molecule has 0 aliphatic heterocycles. The van der Waals surface area contributed by atoms with Gasteiger partial charge in [-0.1, -0.05) is 51.5 Å². The van der Waals surface area contributed by atoms with Crippen LogP contribution in [0.5, 0.6) is 5.75 Å². The number of carbonyl (C=O) groups is 1. The number of rotatable bonds is 6. The van der Waals surface area contributed by atoms with Crippen LogP contribution in [0.1, 0.15) is 62.1 Å². The first kappa shape index (κ1) is 25.6. The molecular formula is C25H35F2NO2. The van der Waals surface area contributed by atoms with Crippen LogP contribution in [0.3, 0.4) is 0 Å². The number of nitrogens with one attached hydrogen (secondary N) is 1. The smallest absolute Gasteiger partial charge is 0.159 e. The maximum atomic E-state index is 13.1. The van der Waals surface area contributed by atoms with Gasteiger partial charge >= 0.3 is 0 Å². The van der Waals surface area contributed by atoms with E-state index in [4.69, 9.17) is 9.53 Å². The van der Waals surface area contributed by atoms with Crippen LogP contribution >= 0.6 is 0 Å². The Labute approximate surface area is 179 Å². The molecule has 0 unspecified atom stereocenters. The summed E-state index contributed by atoms with van der Waals surface area (Å²) >= 11 is 0. The highest BCUT2D eigenvalue weighted by atomic mass is 19.2. The highest BCUT2D eigenvalue weighted by molar-refractivity contribution is 5.59. The van der Waals surface area contributed by atoms with Gasteiger partial charge in [0.05, 0.1) is 0 Å². The Morgan fingerprint density at radius 3 is 2.13 bits per heavy atom. The normalized spacial score (nSPS) is 13.0. The molecule has 1 fully saturated rings. The third kappa shape index (κ3) is 8.13. The Balaban J connectivity index is 0.000000375. The van der Waals surface area contributed by atoms with Gasteiger partial charge in [0.1, 0.15) is 19.1 Å². The van der Waals surface area contributed by atoms with Gasteiger partial charge in [-0.25, -0.2) is 8.78 Å². The van der Waals surface area contributed by atoms with Crippen LogP contribution in [-0.4, -0.2) is 13.8 Å². The van der Waals surface area contributed by atoms with Gasteiger partial charge in [0, 0.05) is 12.7 Å². The standard InChI is InChI=1S/C16H17F2NO.C8H16.CH2O/c1-10-6-13(7-11(2)16(10)19-3)20-9-12-4-5-14(17)15(18)8-12;1-2-5-8-6-3-4-7-8;1-2/h4-8,19H,9H2,1-3H3;8H,2-7H2,1H3;1H2. The summed E-state index contributed by atoms with van der Waals surface area (Å²) in [6.45, 7) is 8.47. The summed E-state index contributed by atoms with van der Waals surface area (Å²) in [6.07, 6.45) is 8.93. The lowest BCUT2D eigenvalue weighted by molar-refractivity contribution is -0.0979. The number of halogens is 2. The molecule has 0 spiro atoms. The predicted molar refractivity (Wildman–Crippen MR) is 120 cm³/mol. The average Bonchev–Trinajstić information content (AvgIpc) is 3.24. The Hall–Kier alpha value is -2.43. The molecule has 1 aliphatic carbocycles. The van der Waals surface area contributed by atoms with E-state index in [-0.39, 0.29) is 6.61 Å². The molecular weight excluding hydrogens is 384 g/mol. The van der Waals surface area contributed by atoms with Gasteiger partial charge < -0.3 is 14.8 Å². The fraction of sp³-hybridized carbons (Fsp3) is 0.480. The summed E-state index contributed by atoms with van der Waals surface area (Å²) in [4.78, 5) is 8.00. The quantitative estimate of drug-likeness (QED) is 0.548. The van der Waals surface area contributed by atoms with Crippen LogP contribution in [0, 0.1) is 31.4 Å². The molecule has 30 heavy (non-hydrogen) atoms. The van der Waals surface area contributed by atoms with E-state index in [1.54, 1.807) is 0 Å². The van der Waals surface area contributed by atoms with Gasteiger partial charge in [-0.15, -0.1) is 0 Å². The summed E-state index contributed by atoms with van der Waals surface area (Å²) in [5, 5.41) is 3.13. The molecule has 3 rings (SSSR count). The van der Waals surface area contributed by atoms with E-state index < -0.39 is 11.6 Å². The van der Waals surface area contributed by atoms with E-state index in [1.165, 1.54) is 44.6 Å². The lowest BCUT2D eigenvalue weighted by atomic mass is 10.0. The van der Waals surface area contributed by atoms with Crippen molar-refractivity contribution in [3.05, 3.63) is 58.7 Å². The van der Waals surface area contributed by atoms with E-state index in [9.17, 15) is 8.78 Å². The minimum absolute atomic E-state index is 0.203. The number of benzene rings is 2. The van der Waals surface area contributed by atoms with E-state index in [0.29, 0.717) is 11.3 Å². The first-order valence-electron chi connectivity index (χ1n) is 10.6. The Bertz CT molecular complexity index is 751. The summed E-state index contributed by atoms with van der Waals surface area (Å²) < 4.78 is 31.6. The number of aryl methyl sites for hydroxylation is 2. The molecule has 2 aromatic rings. The predicted octanol–water partition coefficient (Wildman–Crippen LogP) is 6.99. The van der Waals surface area contributed by atoms with Crippen molar-refractivity contribution in [1.82, 2.24) is 0 Å². The molecule has 0 atom stereocenters. The zero-order chi connectivity index (χ0) is 22.5. The number of carbonyl (C=O) groups excluding carboxylic acids is 1. The maximum Gasteiger partial charge on any atom is 0.159 e. The maximum absolute atomic E-state index is 13.1. The average molecular weight is 420 g/mol. The Kier molecular flexibility index (Phi) is 11.7. The molecule has 166 valence electrons. The van der Waals surface area contributed by atoms with Gasteiger partial charge in [0.2, 0.25) is 0 Å². The van der Waals surface area contributed by atoms with Crippen molar-refractivity contribution in [2.75, 3.05) is 12.4 Å². The topological polar surface area (TPSA) is 38.3 Å². The minimum atomic E-state index is -0.857. The second kappa shape index (κ2) is 13.7. The van der Waals surface area contributed by atoms with Crippen LogP contribution in [0.4, 0.5) is 14.5 Å². The SMILES string of the molecule is C=O.CCCC1CCCC1.CNc1c(C)cc(OCc2ccc(F)c(F)c2)cc1C. The third-order valence-electron chi connectivity index (χ3n) is 5.32. The number of anilines is 1. The summed E-state index contributed by atoms with van der Waals surface area (Å²) in [7, 11) is 1.87. The van der Waals surface area contributed by atoms with Crippen molar-refractivity contribution in [3.63, 3.8) is 0 Å². The van der Waals surface area contributed by atoms with Crippen LogP contribution < -0.4 is 10.1 Å². The fourth-order valence-corrected chi connectivity index (χ4v) is 3.90. The Morgan fingerprint density at radius 1 is 1.03 bits per heavy atom. The van der Waals surface area contributed by atoms with Gasteiger partial charge in [-0.05, 0) is 60.7 Å². The van der Waals surface area contributed by atoms with Crippen LogP contribution in [0.25, 0.3) is 0 Å². The van der Waals surface area contributed by atoms with E-state index >= 15 is 0 Å². The molecule has 2 aromatic carbocycles. The highest BCUT2D eigenvalue weighted by Gasteiger charge is 2.12. The second-order valence-electron chi connectivity index (χ2n) is 7.66. The molecule has 0 heterocycles. The van der Waals surface area contributed by atoms with Gasteiger partial charge in [-0.2, -0.15) is 0 Å². The van der Waals surface area contributed by atoms with Crippen molar-refractivity contribution >= 4 is 12.5 Å². The van der Waals surface area contributed by atoms with Crippen molar-refractivity contribution in [1.29, 1.82) is 0 Å². The minimum Gasteiger partial charge on any atom is -0.489 e.